The van der Waals surface area contributed by atoms with Crippen LogP contribution in [0.4, 0.5) is 5.13 Å². The number of aromatic nitrogens is 1. The fourth-order valence-electron chi connectivity index (χ4n) is 6.64. The summed E-state index contributed by atoms with van der Waals surface area (Å²) >= 11 is 8.89. The number of anilines is 1. The molecule has 0 unspecified atom stereocenters. The maximum absolute atomic E-state index is 14.0. The van der Waals surface area contributed by atoms with Crippen molar-refractivity contribution < 1.29 is 28.7 Å². The lowest BCUT2D eigenvalue weighted by molar-refractivity contribution is -0.153. The van der Waals surface area contributed by atoms with Crippen molar-refractivity contribution in [3.8, 4) is 18.1 Å². The third kappa shape index (κ3) is 8.11. The molecule has 0 saturated carbocycles. The van der Waals surface area contributed by atoms with E-state index >= 15 is 0 Å². The van der Waals surface area contributed by atoms with E-state index in [-0.39, 0.29) is 36.2 Å². The summed E-state index contributed by atoms with van der Waals surface area (Å²) in [6.45, 7) is -0.221. The Balaban J connectivity index is 1.13. The monoisotopic (exact) mass is 817 g/mol. The molecule has 2 amide bonds. The second kappa shape index (κ2) is 17.8. The number of oxime groups is 1. The number of β-lactam (4-membered cyclic amide) rings is 1. The molecule has 1 fully saturated rings. The fourth-order valence-corrected chi connectivity index (χ4v) is 9.07. The van der Waals surface area contributed by atoms with E-state index in [1.807, 2.05) is 54.6 Å². The van der Waals surface area contributed by atoms with Crippen LogP contribution in [-0.2, 0) is 36.1 Å². The van der Waals surface area contributed by atoms with Gasteiger partial charge in [-0.25, -0.2) is 9.78 Å². The highest BCUT2D eigenvalue weighted by atomic mass is 35.5. The Bertz CT molecular complexity index is 2240. The van der Waals surface area contributed by atoms with Crippen LogP contribution >= 0.6 is 34.7 Å². The number of benzene rings is 4. The lowest BCUT2D eigenvalue weighted by Gasteiger charge is -2.49. The molecule has 0 aliphatic carbocycles. The number of alkyl halides is 1. The number of esters is 1. The molecular weight excluding hydrogens is 782 g/mol. The van der Waals surface area contributed by atoms with E-state index in [9.17, 15) is 14.4 Å². The Morgan fingerprint density at radius 3 is 2.14 bits per heavy atom. The van der Waals surface area contributed by atoms with E-state index in [2.05, 4.69) is 58.1 Å². The molecule has 0 radical (unpaired) electrons. The molecule has 0 bridgehead atoms. The summed E-state index contributed by atoms with van der Waals surface area (Å²) in [6.07, 6.45) is 5.42. The summed E-state index contributed by atoms with van der Waals surface area (Å²) in [4.78, 5) is 52.6. The number of nitrogens with one attached hydrogen (secondary N) is 2. The topological polar surface area (TPSA) is 131 Å². The summed E-state index contributed by atoms with van der Waals surface area (Å²) in [5.74, 6) is 1.50. The van der Waals surface area contributed by atoms with Gasteiger partial charge >= 0.3 is 5.97 Å². The smallest absolute Gasteiger partial charge is 0.355 e. The largest absolute Gasteiger partial charge is 0.497 e. The zero-order valence-electron chi connectivity index (χ0n) is 30.6. The van der Waals surface area contributed by atoms with Gasteiger partial charge in [0.2, 0.25) is 0 Å². The van der Waals surface area contributed by atoms with Crippen molar-refractivity contribution in [2.24, 2.45) is 5.16 Å². The van der Waals surface area contributed by atoms with Crippen molar-refractivity contribution in [2.45, 2.75) is 23.6 Å². The number of rotatable bonds is 15. The van der Waals surface area contributed by atoms with Gasteiger partial charge in [-0.3, -0.25) is 14.5 Å². The van der Waals surface area contributed by atoms with Gasteiger partial charge in [-0.15, -0.1) is 41.1 Å². The molecule has 288 valence electrons. The highest BCUT2D eigenvalue weighted by Gasteiger charge is 2.54. The Kier molecular flexibility index (Phi) is 12.2. The van der Waals surface area contributed by atoms with Gasteiger partial charge in [0.25, 0.3) is 11.8 Å². The van der Waals surface area contributed by atoms with E-state index in [0.29, 0.717) is 22.2 Å². The molecule has 1 saturated heterocycles. The number of hydrogen-bond donors (Lipinski definition) is 2. The number of fused-ring (bicyclic) bond motifs is 1. The first-order valence-corrected chi connectivity index (χ1v) is 20.2. The Labute approximate surface area is 343 Å². The zero-order chi connectivity index (χ0) is 39.8. The third-order valence-corrected chi connectivity index (χ3v) is 11.8. The van der Waals surface area contributed by atoms with Crippen molar-refractivity contribution in [1.82, 2.24) is 15.2 Å². The molecule has 4 aromatic carbocycles. The molecule has 3 heterocycles. The Hall–Kier alpha value is -6.07. The normalized spacial score (nSPS) is 16.5. The predicted octanol–water partition coefficient (Wildman–Crippen LogP) is 6.55. The van der Waals surface area contributed by atoms with Crippen molar-refractivity contribution in [3.05, 3.63) is 160 Å². The van der Waals surface area contributed by atoms with Crippen LogP contribution in [0.5, 0.6) is 5.75 Å². The van der Waals surface area contributed by atoms with Crippen LogP contribution in [0.1, 0.15) is 27.9 Å². The van der Waals surface area contributed by atoms with E-state index in [0.717, 1.165) is 22.3 Å². The van der Waals surface area contributed by atoms with Gasteiger partial charge in [-0.1, -0.05) is 114 Å². The first-order chi connectivity index (χ1) is 27.9. The number of hydrogen-bond acceptors (Lipinski definition) is 11. The molecule has 2 aliphatic rings. The minimum absolute atomic E-state index is 0.0208. The molecule has 2 N–H and O–H groups in total. The lowest BCUT2D eigenvalue weighted by Crippen LogP contribution is -2.71. The quantitative estimate of drug-likeness (QED) is 0.0177. The van der Waals surface area contributed by atoms with E-state index < -0.39 is 34.7 Å². The van der Waals surface area contributed by atoms with Gasteiger partial charge in [-0.2, -0.15) is 0 Å². The number of methoxy groups -OCH3 is 1. The summed E-state index contributed by atoms with van der Waals surface area (Å²) in [7, 11) is 1.57. The number of thioether (sulfide) groups is 1. The van der Waals surface area contributed by atoms with Crippen LogP contribution < -0.4 is 15.4 Å². The van der Waals surface area contributed by atoms with E-state index in [1.54, 1.807) is 36.8 Å². The molecule has 2 atom stereocenters. The van der Waals surface area contributed by atoms with Crippen LogP contribution in [0.25, 0.3) is 0 Å². The number of amides is 2. The van der Waals surface area contributed by atoms with Crippen molar-refractivity contribution >= 4 is 63.3 Å². The summed E-state index contributed by atoms with van der Waals surface area (Å²) in [5.41, 5.74) is 3.43. The highest BCUT2D eigenvalue weighted by molar-refractivity contribution is 8.00. The van der Waals surface area contributed by atoms with Gasteiger partial charge in [-0.05, 0) is 40.0 Å². The second-order valence-electron chi connectivity index (χ2n) is 12.8. The number of halogens is 1. The molecule has 2 aliphatic heterocycles. The van der Waals surface area contributed by atoms with E-state index in [4.69, 9.17) is 37.3 Å². The minimum Gasteiger partial charge on any atom is -0.497 e. The first kappa shape index (κ1) is 39.2. The number of ether oxygens (including phenoxy) is 2. The Morgan fingerprint density at radius 1 is 0.965 bits per heavy atom. The molecule has 14 heteroatoms. The average molecular weight is 818 g/mol. The zero-order valence-corrected chi connectivity index (χ0v) is 33.0. The Morgan fingerprint density at radius 2 is 1.58 bits per heavy atom. The van der Waals surface area contributed by atoms with Crippen LogP contribution in [0, 0.1) is 12.3 Å². The molecule has 5 aromatic rings. The molecule has 1 aromatic heterocycles. The second-order valence-corrected chi connectivity index (χ2v) is 15.0. The lowest BCUT2D eigenvalue weighted by atomic mass is 9.77. The van der Waals surface area contributed by atoms with Crippen LogP contribution in [0.3, 0.4) is 0 Å². The standard InChI is InChI=1S/C43H36ClN5O6S2/c1-3-23-55-48-35(34-27-57-42(45-34)47-43(30-13-7-4-8-14-30,31-15-9-5-10-16-31)32-17-11-6-12-18-32)38(50)46-36-39(51)49-37(29(24-44)26-56-40(36)49)41(52)54-25-28-19-21-33(53-2)22-20-28/h1,4-22,27,36,40H,23-26H2,2H3,(H,45,47)(H,46,50)/b48-35-/t36-,40-/m1/s1. The van der Waals surface area contributed by atoms with Gasteiger partial charge in [0.05, 0.1) is 7.11 Å². The van der Waals surface area contributed by atoms with Gasteiger partial charge in [0, 0.05) is 17.0 Å². The maximum atomic E-state index is 14.0. The summed E-state index contributed by atoms with van der Waals surface area (Å²) in [5, 5.41) is 12.2. The third-order valence-electron chi connectivity index (χ3n) is 9.40. The molecule has 0 spiro atoms. The van der Waals surface area contributed by atoms with Crippen molar-refractivity contribution in [1.29, 1.82) is 0 Å². The number of thiazole rings is 1. The number of carbonyl (C=O) groups excluding carboxylic acids is 3. The summed E-state index contributed by atoms with van der Waals surface area (Å²) < 4.78 is 10.8. The van der Waals surface area contributed by atoms with Crippen molar-refractivity contribution in [3.63, 3.8) is 0 Å². The van der Waals surface area contributed by atoms with Crippen LogP contribution in [0.15, 0.2) is 137 Å². The highest BCUT2D eigenvalue weighted by Crippen LogP contribution is 2.42. The molecule has 7 rings (SSSR count). The summed E-state index contributed by atoms with van der Waals surface area (Å²) in [6, 6.07) is 36.2. The fraction of sp³-hybridized carbons (Fsp3) is 0.186. The minimum atomic E-state index is -0.986. The maximum Gasteiger partial charge on any atom is 0.355 e. The predicted molar refractivity (Wildman–Crippen MR) is 222 cm³/mol. The van der Waals surface area contributed by atoms with Gasteiger partial charge in [0.15, 0.2) is 17.5 Å². The van der Waals surface area contributed by atoms with E-state index in [1.165, 1.54) is 28.0 Å². The molecule has 57 heavy (non-hydrogen) atoms. The number of terminal acetylenes is 1. The van der Waals surface area contributed by atoms with Crippen LogP contribution in [-0.4, -0.2) is 70.1 Å². The SMILES string of the molecule is C#CCO/N=C(\C(=O)N[C@@H]1C(=O)N2C(C(=O)OCc3ccc(OC)cc3)=C(CCl)CS[C@H]12)c1csc(NC(c2ccccc2)(c2ccccc2)c2ccccc2)n1. The first-order valence-electron chi connectivity index (χ1n) is 17.8. The van der Waals surface area contributed by atoms with Crippen LogP contribution in [0.2, 0.25) is 0 Å². The van der Waals surface area contributed by atoms with Gasteiger partial charge in [0.1, 0.15) is 40.7 Å². The number of carbonyl (C=O) groups is 3. The van der Waals surface area contributed by atoms with Gasteiger partial charge < -0.3 is 24.9 Å². The average Bonchev–Trinajstić information content (AvgIpc) is 3.73. The number of nitrogens with zero attached hydrogens (tertiary/aromatic N) is 3. The molecule has 11 nitrogen and oxygen atoms in total. The molecular formula is C43H36ClN5O6S2. The van der Waals surface area contributed by atoms with Crippen molar-refractivity contribution in [2.75, 3.05) is 30.7 Å².